The van der Waals surface area contributed by atoms with E-state index in [-0.39, 0.29) is 5.69 Å². The molecule has 1 heterocycles. The second-order valence-electron chi connectivity index (χ2n) is 3.33. The summed E-state index contributed by atoms with van der Waals surface area (Å²) in [6.07, 6.45) is 2.29. The van der Waals surface area contributed by atoms with Crippen LogP contribution in [0.5, 0.6) is 0 Å². The maximum atomic E-state index is 13.2. The number of hydrogen-bond donors (Lipinski definition) is 1. The van der Waals surface area contributed by atoms with Gasteiger partial charge in [-0.1, -0.05) is 0 Å². The lowest BCUT2D eigenvalue weighted by molar-refractivity contribution is 0.449. The molecule has 1 N–H and O–H groups in total. The molecule has 0 radical (unpaired) electrons. The lowest BCUT2D eigenvalue weighted by atomic mass is 10.2. The van der Waals surface area contributed by atoms with E-state index in [0.717, 1.165) is 11.1 Å². The third-order valence-electron chi connectivity index (χ3n) is 2.17. The van der Waals surface area contributed by atoms with Crippen LogP contribution in [-0.2, 0) is 6.42 Å². The van der Waals surface area contributed by atoms with Crippen molar-refractivity contribution >= 4 is 17.0 Å². The van der Waals surface area contributed by atoms with E-state index >= 15 is 0 Å². The molecule has 0 aliphatic rings. The molecule has 0 atom stereocenters. The molecule has 0 saturated heterocycles. The van der Waals surface area contributed by atoms with Gasteiger partial charge in [0.2, 0.25) is 0 Å². The van der Waals surface area contributed by atoms with Crippen LogP contribution in [0.25, 0.3) is 0 Å². The Balaban J connectivity index is 1.97. The molecule has 1 aromatic carbocycles. The number of halogens is 3. The van der Waals surface area contributed by atoms with Crippen molar-refractivity contribution in [2.24, 2.45) is 0 Å². The van der Waals surface area contributed by atoms with Gasteiger partial charge in [-0.15, -0.1) is 11.3 Å². The van der Waals surface area contributed by atoms with Crippen molar-refractivity contribution in [3.63, 3.8) is 0 Å². The smallest absolute Gasteiger partial charge is 0.196 e. The maximum Gasteiger partial charge on any atom is 0.196 e. The Bertz CT molecular complexity index is 500. The lowest BCUT2D eigenvalue weighted by Crippen LogP contribution is -2.07. The second kappa shape index (κ2) is 5.18. The van der Waals surface area contributed by atoms with Crippen LogP contribution < -0.4 is 5.32 Å². The van der Waals surface area contributed by atoms with Crippen LogP contribution in [0.3, 0.4) is 0 Å². The highest BCUT2D eigenvalue weighted by atomic mass is 32.1. The van der Waals surface area contributed by atoms with Gasteiger partial charge in [-0.05, 0) is 12.1 Å². The van der Waals surface area contributed by atoms with Crippen molar-refractivity contribution in [2.45, 2.75) is 6.42 Å². The first-order valence-electron chi connectivity index (χ1n) is 4.94. The van der Waals surface area contributed by atoms with Crippen molar-refractivity contribution < 1.29 is 13.2 Å². The topological polar surface area (TPSA) is 24.9 Å². The zero-order valence-corrected chi connectivity index (χ0v) is 9.53. The van der Waals surface area contributed by atoms with E-state index < -0.39 is 17.5 Å². The maximum absolute atomic E-state index is 13.2. The first-order valence-corrected chi connectivity index (χ1v) is 5.82. The first-order chi connectivity index (χ1) is 8.18. The van der Waals surface area contributed by atoms with E-state index in [1.54, 1.807) is 6.20 Å². The third kappa shape index (κ3) is 2.76. The van der Waals surface area contributed by atoms with Gasteiger partial charge in [0, 0.05) is 24.5 Å². The van der Waals surface area contributed by atoms with Gasteiger partial charge in [0.25, 0.3) is 0 Å². The highest BCUT2D eigenvalue weighted by Gasteiger charge is 2.12. The summed E-state index contributed by atoms with van der Waals surface area (Å²) in [6.45, 7) is 0.412. The van der Waals surface area contributed by atoms with Gasteiger partial charge in [0.05, 0.1) is 10.7 Å². The van der Waals surface area contributed by atoms with Crippen LogP contribution >= 0.6 is 11.3 Å². The van der Waals surface area contributed by atoms with Crippen LogP contribution in [0.15, 0.2) is 23.7 Å². The predicted molar refractivity (Wildman–Crippen MR) is 60.6 cm³/mol. The van der Waals surface area contributed by atoms with Gasteiger partial charge < -0.3 is 5.32 Å². The minimum Gasteiger partial charge on any atom is -0.382 e. The Kier molecular flexibility index (Phi) is 3.63. The molecule has 0 spiro atoms. The lowest BCUT2D eigenvalue weighted by Gasteiger charge is -2.07. The molecule has 0 bridgehead atoms. The third-order valence-corrected chi connectivity index (χ3v) is 3.01. The Morgan fingerprint density at radius 2 is 2.00 bits per heavy atom. The quantitative estimate of drug-likeness (QED) is 0.852. The molecule has 0 aliphatic heterocycles. The van der Waals surface area contributed by atoms with Gasteiger partial charge in [-0.3, -0.25) is 0 Å². The Hall–Kier alpha value is -1.56. The summed E-state index contributed by atoms with van der Waals surface area (Å²) in [6, 6.07) is 2.07. The zero-order valence-electron chi connectivity index (χ0n) is 8.71. The number of benzene rings is 1. The standard InChI is InChI=1S/C11H9F3N2S/c12-7-1-2-8(11(14)10(7)13)15-4-3-9-16-5-6-17-9/h1-2,5-6,15H,3-4H2. The van der Waals surface area contributed by atoms with E-state index in [4.69, 9.17) is 0 Å². The Labute approximate surface area is 100 Å². The molecule has 0 unspecified atom stereocenters. The molecule has 2 rings (SSSR count). The largest absolute Gasteiger partial charge is 0.382 e. The van der Waals surface area contributed by atoms with Gasteiger partial charge in [0.1, 0.15) is 0 Å². The average molecular weight is 258 g/mol. The average Bonchev–Trinajstić information content (AvgIpc) is 2.82. The van der Waals surface area contributed by atoms with Gasteiger partial charge >= 0.3 is 0 Å². The van der Waals surface area contributed by atoms with Crippen LogP contribution in [-0.4, -0.2) is 11.5 Å². The molecule has 2 aromatic rings. The number of rotatable bonds is 4. The molecule has 17 heavy (non-hydrogen) atoms. The van der Waals surface area contributed by atoms with Crippen LogP contribution in [0, 0.1) is 17.5 Å². The van der Waals surface area contributed by atoms with E-state index in [1.165, 1.54) is 17.4 Å². The summed E-state index contributed by atoms with van der Waals surface area (Å²) in [7, 11) is 0. The molecule has 1 aromatic heterocycles. The molecule has 90 valence electrons. The molecular weight excluding hydrogens is 249 g/mol. The molecular formula is C11H9F3N2S. The molecule has 6 heteroatoms. The summed E-state index contributed by atoms with van der Waals surface area (Å²) >= 11 is 1.49. The number of hydrogen-bond acceptors (Lipinski definition) is 3. The summed E-state index contributed by atoms with van der Waals surface area (Å²) in [5.41, 5.74) is -0.0412. The zero-order chi connectivity index (χ0) is 12.3. The van der Waals surface area contributed by atoms with Gasteiger partial charge in [-0.25, -0.2) is 18.2 Å². The molecule has 0 amide bonds. The van der Waals surface area contributed by atoms with Crippen molar-refractivity contribution in [3.05, 3.63) is 46.2 Å². The number of nitrogens with one attached hydrogen (secondary N) is 1. The SMILES string of the molecule is Fc1ccc(NCCc2nccs2)c(F)c1F. The Morgan fingerprint density at radius 3 is 2.71 bits per heavy atom. The number of thiazole rings is 1. The molecule has 0 saturated carbocycles. The summed E-state index contributed by atoms with van der Waals surface area (Å²) in [5, 5.41) is 5.45. The van der Waals surface area contributed by atoms with Crippen LogP contribution in [0.2, 0.25) is 0 Å². The minimum atomic E-state index is -1.45. The number of aromatic nitrogens is 1. The Morgan fingerprint density at radius 1 is 1.18 bits per heavy atom. The number of nitrogens with zero attached hydrogens (tertiary/aromatic N) is 1. The monoisotopic (exact) mass is 258 g/mol. The molecule has 0 fully saturated rings. The van der Waals surface area contributed by atoms with E-state index in [9.17, 15) is 13.2 Å². The van der Waals surface area contributed by atoms with Crippen molar-refractivity contribution in [1.82, 2.24) is 4.98 Å². The second-order valence-corrected chi connectivity index (χ2v) is 4.30. The van der Waals surface area contributed by atoms with Gasteiger partial charge in [0.15, 0.2) is 17.5 Å². The van der Waals surface area contributed by atoms with Crippen molar-refractivity contribution in [2.75, 3.05) is 11.9 Å². The first kappa shape index (κ1) is 11.9. The fraction of sp³-hybridized carbons (Fsp3) is 0.182. The minimum absolute atomic E-state index is 0.0412. The fourth-order valence-electron chi connectivity index (χ4n) is 1.34. The fourth-order valence-corrected chi connectivity index (χ4v) is 1.96. The predicted octanol–water partition coefficient (Wildman–Crippen LogP) is 3.22. The van der Waals surface area contributed by atoms with Crippen LogP contribution in [0.1, 0.15) is 5.01 Å². The normalized spacial score (nSPS) is 10.5. The highest BCUT2D eigenvalue weighted by molar-refractivity contribution is 7.09. The van der Waals surface area contributed by atoms with E-state index in [2.05, 4.69) is 10.3 Å². The van der Waals surface area contributed by atoms with Crippen molar-refractivity contribution in [1.29, 1.82) is 0 Å². The summed E-state index contributed by atoms with van der Waals surface area (Å²) in [5.74, 6) is -3.83. The highest BCUT2D eigenvalue weighted by Crippen LogP contribution is 2.19. The summed E-state index contributed by atoms with van der Waals surface area (Å²) < 4.78 is 38.8. The van der Waals surface area contributed by atoms with Crippen LogP contribution in [0.4, 0.5) is 18.9 Å². The number of anilines is 1. The molecule has 0 aliphatic carbocycles. The molecule has 2 nitrogen and oxygen atoms in total. The van der Waals surface area contributed by atoms with E-state index in [0.29, 0.717) is 13.0 Å². The van der Waals surface area contributed by atoms with E-state index in [1.807, 2.05) is 5.38 Å². The summed E-state index contributed by atoms with van der Waals surface area (Å²) in [4.78, 5) is 4.05. The van der Waals surface area contributed by atoms with Gasteiger partial charge in [-0.2, -0.15) is 0 Å². The van der Waals surface area contributed by atoms with Crippen molar-refractivity contribution in [3.8, 4) is 0 Å².